The van der Waals surface area contributed by atoms with Crippen LogP contribution in [0.4, 0.5) is 11.5 Å². The molecule has 0 atom stereocenters. The summed E-state index contributed by atoms with van der Waals surface area (Å²) in [5, 5.41) is 6.00. The standard InChI is InChI=1S/C16H20N4O/c17-14-7-8-15(20-12-14)18-10-11-19-16(21)9-6-13-4-2-1-3-5-13/h1-5,7-8,12H,6,9-11,17H2,(H,18,20)(H,19,21). The first-order chi connectivity index (χ1) is 10.2. The van der Waals surface area contributed by atoms with E-state index >= 15 is 0 Å². The van der Waals surface area contributed by atoms with E-state index in [0.29, 0.717) is 25.2 Å². The normalized spacial score (nSPS) is 10.1. The predicted molar refractivity (Wildman–Crippen MR) is 84.9 cm³/mol. The molecule has 5 heteroatoms. The average molecular weight is 284 g/mol. The number of benzene rings is 1. The molecule has 0 spiro atoms. The molecule has 0 bridgehead atoms. The van der Waals surface area contributed by atoms with Crippen LogP contribution in [-0.4, -0.2) is 24.0 Å². The molecule has 0 unspecified atom stereocenters. The molecule has 5 nitrogen and oxygen atoms in total. The molecule has 1 amide bonds. The maximum Gasteiger partial charge on any atom is 0.220 e. The summed E-state index contributed by atoms with van der Waals surface area (Å²) in [5.74, 6) is 0.814. The Morgan fingerprint density at radius 3 is 2.62 bits per heavy atom. The zero-order chi connectivity index (χ0) is 14.9. The van der Waals surface area contributed by atoms with Gasteiger partial charge in [-0.25, -0.2) is 4.98 Å². The van der Waals surface area contributed by atoms with E-state index in [4.69, 9.17) is 5.73 Å². The fraction of sp³-hybridized carbons (Fsp3) is 0.250. The lowest BCUT2D eigenvalue weighted by Crippen LogP contribution is -2.29. The van der Waals surface area contributed by atoms with Gasteiger partial charge in [-0.2, -0.15) is 0 Å². The zero-order valence-electron chi connectivity index (χ0n) is 11.9. The number of hydrogen-bond donors (Lipinski definition) is 3. The largest absolute Gasteiger partial charge is 0.397 e. The van der Waals surface area contributed by atoms with Crippen molar-refractivity contribution in [3.8, 4) is 0 Å². The summed E-state index contributed by atoms with van der Waals surface area (Å²) < 4.78 is 0. The molecule has 2 rings (SSSR count). The lowest BCUT2D eigenvalue weighted by Gasteiger charge is -2.07. The van der Waals surface area contributed by atoms with Crippen LogP contribution in [0.5, 0.6) is 0 Å². The van der Waals surface area contributed by atoms with Crippen LogP contribution < -0.4 is 16.4 Å². The zero-order valence-corrected chi connectivity index (χ0v) is 11.9. The molecule has 110 valence electrons. The number of carbonyl (C=O) groups excluding carboxylic acids is 1. The minimum absolute atomic E-state index is 0.0610. The molecule has 1 heterocycles. The third-order valence-corrected chi connectivity index (χ3v) is 3.02. The summed E-state index contributed by atoms with van der Waals surface area (Å²) in [6.45, 7) is 1.20. The maximum atomic E-state index is 11.7. The Morgan fingerprint density at radius 1 is 1.10 bits per heavy atom. The molecule has 4 N–H and O–H groups in total. The summed E-state index contributed by atoms with van der Waals surface area (Å²) in [6, 6.07) is 13.6. The summed E-state index contributed by atoms with van der Waals surface area (Å²) in [4.78, 5) is 15.8. The lowest BCUT2D eigenvalue weighted by molar-refractivity contribution is -0.120. The van der Waals surface area contributed by atoms with Crippen LogP contribution in [0.25, 0.3) is 0 Å². The summed E-state index contributed by atoms with van der Waals surface area (Å²) in [6.07, 6.45) is 2.87. The van der Waals surface area contributed by atoms with E-state index in [2.05, 4.69) is 15.6 Å². The topological polar surface area (TPSA) is 80.0 Å². The second kappa shape index (κ2) is 7.89. The Bertz CT molecular complexity index is 554. The van der Waals surface area contributed by atoms with Gasteiger partial charge in [0.1, 0.15) is 5.82 Å². The predicted octanol–water partition coefficient (Wildman–Crippen LogP) is 1.82. The number of nitrogens with zero attached hydrogens (tertiary/aromatic N) is 1. The molecule has 0 aliphatic carbocycles. The molecule has 0 saturated heterocycles. The molecule has 1 aromatic carbocycles. The van der Waals surface area contributed by atoms with Crippen LogP contribution in [-0.2, 0) is 11.2 Å². The van der Waals surface area contributed by atoms with Crippen molar-refractivity contribution in [3.05, 3.63) is 54.2 Å². The highest BCUT2D eigenvalue weighted by Crippen LogP contribution is 2.05. The number of amides is 1. The number of hydrogen-bond acceptors (Lipinski definition) is 4. The van der Waals surface area contributed by atoms with E-state index in [9.17, 15) is 4.79 Å². The molecule has 0 aliphatic rings. The SMILES string of the molecule is Nc1ccc(NCCNC(=O)CCc2ccccc2)nc1. The second-order valence-electron chi connectivity index (χ2n) is 4.74. The van der Waals surface area contributed by atoms with Gasteiger partial charge in [-0.15, -0.1) is 0 Å². The van der Waals surface area contributed by atoms with E-state index in [1.54, 1.807) is 12.3 Å². The van der Waals surface area contributed by atoms with Gasteiger partial charge in [-0.05, 0) is 24.1 Å². The van der Waals surface area contributed by atoms with E-state index in [1.165, 1.54) is 5.56 Å². The van der Waals surface area contributed by atoms with Crippen molar-refractivity contribution < 1.29 is 4.79 Å². The van der Waals surface area contributed by atoms with Gasteiger partial charge in [0.25, 0.3) is 0 Å². The molecular formula is C16H20N4O. The highest BCUT2D eigenvalue weighted by atomic mass is 16.1. The van der Waals surface area contributed by atoms with Crippen LogP contribution in [0.15, 0.2) is 48.7 Å². The number of nitrogens with one attached hydrogen (secondary N) is 2. The van der Waals surface area contributed by atoms with Crippen molar-refractivity contribution >= 4 is 17.4 Å². The second-order valence-corrected chi connectivity index (χ2v) is 4.74. The van der Waals surface area contributed by atoms with Gasteiger partial charge in [-0.3, -0.25) is 4.79 Å². The number of nitrogen functional groups attached to an aromatic ring is 1. The van der Waals surface area contributed by atoms with Gasteiger partial charge in [0.05, 0.1) is 11.9 Å². The number of nitrogens with two attached hydrogens (primary N) is 1. The van der Waals surface area contributed by atoms with E-state index in [1.807, 2.05) is 36.4 Å². The van der Waals surface area contributed by atoms with E-state index < -0.39 is 0 Å². The average Bonchev–Trinajstić information content (AvgIpc) is 2.52. The monoisotopic (exact) mass is 284 g/mol. The minimum atomic E-state index is 0.0610. The van der Waals surface area contributed by atoms with Gasteiger partial charge < -0.3 is 16.4 Å². The Hall–Kier alpha value is -2.56. The molecule has 1 aromatic heterocycles. The first kappa shape index (κ1) is 14.8. The van der Waals surface area contributed by atoms with Crippen molar-refractivity contribution in [1.82, 2.24) is 10.3 Å². The quantitative estimate of drug-likeness (QED) is 0.678. The smallest absolute Gasteiger partial charge is 0.220 e. The van der Waals surface area contributed by atoms with Crippen molar-refractivity contribution in [2.45, 2.75) is 12.8 Å². The number of pyridine rings is 1. The first-order valence-electron chi connectivity index (χ1n) is 7.00. The summed E-state index contributed by atoms with van der Waals surface area (Å²) >= 11 is 0. The van der Waals surface area contributed by atoms with Crippen LogP contribution >= 0.6 is 0 Å². The number of rotatable bonds is 7. The maximum absolute atomic E-state index is 11.7. The fourth-order valence-electron chi connectivity index (χ4n) is 1.89. The highest BCUT2D eigenvalue weighted by Gasteiger charge is 2.01. The Kier molecular flexibility index (Phi) is 5.58. The summed E-state index contributed by atoms with van der Waals surface area (Å²) in [5.41, 5.74) is 7.37. The molecule has 0 radical (unpaired) electrons. The fourth-order valence-corrected chi connectivity index (χ4v) is 1.89. The number of aryl methyl sites for hydroxylation is 1. The molecule has 0 saturated carbocycles. The first-order valence-corrected chi connectivity index (χ1v) is 7.00. The van der Waals surface area contributed by atoms with Gasteiger partial charge in [0.2, 0.25) is 5.91 Å². The van der Waals surface area contributed by atoms with Crippen LogP contribution in [0.2, 0.25) is 0 Å². The van der Waals surface area contributed by atoms with Gasteiger partial charge in [-0.1, -0.05) is 30.3 Å². The minimum Gasteiger partial charge on any atom is -0.397 e. The Balaban J connectivity index is 1.60. The van der Waals surface area contributed by atoms with Gasteiger partial charge in [0, 0.05) is 19.5 Å². The van der Waals surface area contributed by atoms with Crippen LogP contribution in [0.3, 0.4) is 0 Å². The number of anilines is 2. The molecule has 0 fully saturated rings. The third-order valence-electron chi connectivity index (χ3n) is 3.02. The van der Waals surface area contributed by atoms with E-state index in [0.717, 1.165) is 12.2 Å². The van der Waals surface area contributed by atoms with Crippen molar-refractivity contribution in [2.24, 2.45) is 0 Å². The lowest BCUT2D eigenvalue weighted by atomic mass is 10.1. The van der Waals surface area contributed by atoms with Crippen molar-refractivity contribution in [3.63, 3.8) is 0 Å². The Labute approximate surface area is 124 Å². The van der Waals surface area contributed by atoms with Gasteiger partial charge in [0.15, 0.2) is 0 Å². The van der Waals surface area contributed by atoms with Crippen molar-refractivity contribution in [2.75, 3.05) is 24.1 Å². The Morgan fingerprint density at radius 2 is 1.90 bits per heavy atom. The van der Waals surface area contributed by atoms with Gasteiger partial charge >= 0.3 is 0 Å². The summed E-state index contributed by atoms with van der Waals surface area (Å²) in [7, 11) is 0. The molecule has 21 heavy (non-hydrogen) atoms. The number of carbonyl (C=O) groups is 1. The van der Waals surface area contributed by atoms with E-state index in [-0.39, 0.29) is 5.91 Å². The van der Waals surface area contributed by atoms with Crippen LogP contribution in [0.1, 0.15) is 12.0 Å². The number of aromatic nitrogens is 1. The molecule has 0 aliphatic heterocycles. The van der Waals surface area contributed by atoms with Crippen molar-refractivity contribution in [1.29, 1.82) is 0 Å². The molecule has 2 aromatic rings. The van der Waals surface area contributed by atoms with Crippen LogP contribution in [0, 0.1) is 0 Å². The molecular weight excluding hydrogens is 264 g/mol. The highest BCUT2D eigenvalue weighted by molar-refractivity contribution is 5.76. The third kappa shape index (κ3) is 5.52.